The molecule has 0 aliphatic carbocycles. The van der Waals surface area contributed by atoms with E-state index < -0.39 is 5.41 Å². The number of hydrogen-bond donors (Lipinski definition) is 2. The monoisotopic (exact) mass is 408 g/mol. The van der Waals surface area contributed by atoms with Crippen LogP contribution in [0.1, 0.15) is 18.4 Å². The van der Waals surface area contributed by atoms with Crippen LogP contribution in [0.2, 0.25) is 0 Å². The van der Waals surface area contributed by atoms with Crippen molar-refractivity contribution in [3.63, 3.8) is 0 Å². The van der Waals surface area contributed by atoms with Crippen LogP contribution in [0.3, 0.4) is 0 Å². The number of ether oxygens (including phenoxy) is 2. The summed E-state index contributed by atoms with van der Waals surface area (Å²) in [5.41, 5.74) is 0.703. The first kappa shape index (κ1) is 22.1. The molecule has 0 unspecified atom stereocenters. The number of benzene rings is 2. The second kappa shape index (κ2) is 10.4. The van der Waals surface area contributed by atoms with Crippen LogP contribution in [-0.2, 0) is 16.1 Å². The van der Waals surface area contributed by atoms with E-state index in [9.17, 15) is 9.18 Å². The van der Waals surface area contributed by atoms with Crippen molar-refractivity contribution < 1.29 is 18.7 Å². The van der Waals surface area contributed by atoms with Crippen LogP contribution in [0.25, 0.3) is 0 Å². The Bertz CT molecular complexity index is 759. The Kier molecular flexibility index (Phi) is 8.23. The Morgan fingerprint density at radius 3 is 2.46 bits per heavy atom. The van der Waals surface area contributed by atoms with E-state index in [1.54, 1.807) is 49.6 Å². The van der Waals surface area contributed by atoms with Gasteiger partial charge in [-0.1, -0.05) is 18.2 Å². The molecule has 1 heterocycles. The lowest BCUT2D eigenvalue weighted by atomic mass is 9.78. The Labute approximate surface area is 171 Å². The molecule has 1 aliphatic rings. The van der Waals surface area contributed by atoms with Crippen molar-refractivity contribution in [1.29, 1.82) is 0 Å². The highest BCUT2D eigenvalue weighted by Crippen LogP contribution is 2.31. The Morgan fingerprint density at radius 2 is 1.82 bits per heavy atom. The zero-order valence-corrected chi connectivity index (χ0v) is 16.7. The summed E-state index contributed by atoms with van der Waals surface area (Å²) in [7, 11) is 1.62. The summed E-state index contributed by atoms with van der Waals surface area (Å²) in [5, 5.41) is 6.26. The molecular formula is C21H26ClFN2O3. The van der Waals surface area contributed by atoms with Crippen LogP contribution < -0.4 is 15.4 Å². The van der Waals surface area contributed by atoms with Crippen molar-refractivity contribution in [2.75, 3.05) is 32.1 Å². The zero-order valence-electron chi connectivity index (χ0n) is 15.9. The maximum Gasteiger partial charge on any atom is 0.233 e. The molecule has 0 aromatic heterocycles. The molecular weight excluding hydrogens is 383 g/mol. The lowest BCUT2D eigenvalue weighted by Gasteiger charge is -2.35. The molecule has 2 aromatic rings. The minimum Gasteiger partial charge on any atom is -0.489 e. The minimum atomic E-state index is -0.500. The first-order valence-electron chi connectivity index (χ1n) is 9.10. The molecule has 1 fully saturated rings. The fourth-order valence-electron chi connectivity index (χ4n) is 3.29. The van der Waals surface area contributed by atoms with Gasteiger partial charge in [0.25, 0.3) is 0 Å². The summed E-state index contributed by atoms with van der Waals surface area (Å²) < 4.78 is 24.6. The van der Waals surface area contributed by atoms with Gasteiger partial charge < -0.3 is 20.1 Å². The van der Waals surface area contributed by atoms with Crippen LogP contribution in [-0.4, -0.2) is 32.7 Å². The topological polar surface area (TPSA) is 59.6 Å². The third-order valence-electron chi connectivity index (χ3n) is 4.93. The molecule has 3 rings (SSSR count). The van der Waals surface area contributed by atoms with Gasteiger partial charge in [0, 0.05) is 18.4 Å². The normalized spacial score (nSPS) is 15.4. The van der Waals surface area contributed by atoms with Gasteiger partial charge in [0.05, 0.1) is 12.0 Å². The second-order valence-corrected chi connectivity index (χ2v) is 6.82. The number of carbonyl (C=O) groups excluding carboxylic acids is 1. The zero-order chi connectivity index (χ0) is 19.1. The van der Waals surface area contributed by atoms with Gasteiger partial charge in [-0.05, 0) is 56.3 Å². The van der Waals surface area contributed by atoms with Gasteiger partial charge in [0.2, 0.25) is 5.91 Å². The smallest absolute Gasteiger partial charge is 0.233 e. The summed E-state index contributed by atoms with van der Waals surface area (Å²) in [4.78, 5) is 12.8. The summed E-state index contributed by atoms with van der Waals surface area (Å²) in [6, 6.07) is 13.6. The molecule has 7 heteroatoms. The number of amides is 1. The largest absolute Gasteiger partial charge is 0.489 e. The average Bonchev–Trinajstić information content (AvgIpc) is 2.69. The molecule has 152 valence electrons. The quantitative estimate of drug-likeness (QED) is 0.732. The molecule has 0 spiro atoms. The third kappa shape index (κ3) is 5.44. The lowest BCUT2D eigenvalue weighted by molar-refractivity contribution is -0.130. The van der Waals surface area contributed by atoms with Crippen LogP contribution in [0, 0.1) is 11.2 Å². The number of rotatable bonds is 7. The first-order valence-corrected chi connectivity index (χ1v) is 9.10. The summed E-state index contributed by atoms with van der Waals surface area (Å²) in [5.74, 6) is 0.308. The van der Waals surface area contributed by atoms with E-state index in [-0.39, 0.29) is 30.7 Å². The maximum absolute atomic E-state index is 13.6. The lowest BCUT2D eigenvalue weighted by Crippen LogP contribution is -2.47. The molecule has 2 N–H and O–H groups in total. The molecule has 28 heavy (non-hydrogen) atoms. The van der Waals surface area contributed by atoms with Crippen LogP contribution >= 0.6 is 12.4 Å². The molecule has 0 atom stereocenters. The van der Waals surface area contributed by atoms with Gasteiger partial charge in [-0.25, -0.2) is 4.39 Å². The van der Waals surface area contributed by atoms with Gasteiger partial charge in [-0.2, -0.15) is 0 Å². The number of methoxy groups -OCH3 is 1. The molecule has 5 nitrogen and oxygen atoms in total. The molecule has 0 radical (unpaired) electrons. The maximum atomic E-state index is 13.6. The summed E-state index contributed by atoms with van der Waals surface area (Å²) in [6.45, 7) is 2.17. The number of carbonyl (C=O) groups is 1. The van der Waals surface area contributed by atoms with Crippen LogP contribution in [0.4, 0.5) is 10.1 Å². The number of piperidine rings is 1. The minimum absolute atomic E-state index is 0. The Morgan fingerprint density at radius 1 is 1.14 bits per heavy atom. The van der Waals surface area contributed by atoms with E-state index in [0.29, 0.717) is 23.6 Å². The molecule has 1 saturated heterocycles. The van der Waals surface area contributed by atoms with Crippen molar-refractivity contribution in [3.8, 4) is 5.75 Å². The van der Waals surface area contributed by atoms with E-state index in [1.807, 2.05) is 0 Å². The van der Waals surface area contributed by atoms with Crippen LogP contribution in [0.15, 0.2) is 48.5 Å². The highest BCUT2D eigenvalue weighted by molar-refractivity contribution is 5.95. The molecule has 0 bridgehead atoms. The molecule has 2 aromatic carbocycles. The predicted molar refractivity (Wildman–Crippen MR) is 109 cm³/mol. The summed E-state index contributed by atoms with van der Waals surface area (Å²) in [6.07, 6.45) is 1.49. The second-order valence-electron chi connectivity index (χ2n) is 6.82. The molecule has 0 saturated carbocycles. The standard InChI is InChI=1S/C21H25FN2O3.ClH/c1-26-15-21(10-12-23-13-11-21)20(25)24-17-6-8-18(9-7-17)27-14-16-4-2-3-5-19(16)22;/h2-9,23H,10-15H2,1H3,(H,24,25);1H. The summed E-state index contributed by atoms with van der Waals surface area (Å²) >= 11 is 0. The van der Waals surface area contributed by atoms with Gasteiger partial charge in [-0.15, -0.1) is 12.4 Å². The van der Waals surface area contributed by atoms with Gasteiger partial charge in [0.1, 0.15) is 18.2 Å². The van der Waals surface area contributed by atoms with E-state index in [4.69, 9.17) is 9.47 Å². The Balaban J connectivity index is 0.00000280. The SMILES string of the molecule is COCC1(C(=O)Nc2ccc(OCc3ccccc3F)cc2)CCNCC1.Cl. The van der Waals surface area contributed by atoms with E-state index in [2.05, 4.69) is 10.6 Å². The number of halogens is 2. The van der Waals surface area contributed by atoms with Gasteiger partial charge >= 0.3 is 0 Å². The van der Waals surface area contributed by atoms with Crippen molar-refractivity contribution in [2.45, 2.75) is 19.4 Å². The van der Waals surface area contributed by atoms with Crippen LogP contribution in [0.5, 0.6) is 5.75 Å². The fourth-order valence-corrected chi connectivity index (χ4v) is 3.29. The predicted octanol–water partition coefficient (Wildman–Crippen LogP) is 3.78. The number of anilines is 1. The van der Waals surface area contributed by atoms with Crippen molar-refractivity contribution >= 4 is 24.0 Å². The van der Waals surface area contributed by atoms with Crippen molar-refractivity contribution in [3.05, 3.63) is 59.9 Å². The van der Waals surface area contributed by atoms with E-state index in [1.165, 1.54) is 6.07 Å². The van der Waals surface area contributed by atoms with Crippen molar-refractivity contribution in [1.82, 2.24) is 5.32 Å². The van der Waals surface area contributed by atoms with Crippen molar-refractivity contribution in [2.24, 2.45) is 5.41 Å². The highest BCUT2D eigenvalue weighted by Gasteiger charge is 2.39. The van der Waals surface area contributed by atoms with Gasteiger partial charge in [-0.3, -0.25) is 4.79 Å². The van der Waals surface area contributed by atoms with E-state index >= 15 is 0 Å². The molecule has 1 amide bonds. The first-order chi connectivity index (χ1) is 13.1. The average molecular weight is 409 g/mol. The molecule has 1 aliphatic heterocycles. The number of nitrogens with one attached hydrogen (secondary N) is 2. The van der Waals surface area contributed by atoms with E-state index in [0.717, 1.165) is 25.9 Å². The van der Waals surface area contributed by atoms with Gasteiger partial charge in [0.15, 0.2) is 0 Å². The number of hydrogen-bond acceptors (Lipinski definition) is 4. The Hall–Kier alpha value is -2.15. The fraction of sp³-hybridized carbons (Fsp3) is 0.381. The highest BCUT2D eigenvalue weighted by atomic mass is 35.5. The third-order valence-corrected chi connectivity index (χ3v) is 4.93.